The molecule has 0 amide bonds. The zero-order chi connectivity index (χ0) is 36.0. The molecule has 50 heavy (non-hydrogen) atoms. The van der Waals surface area contributed by atoms with Gasteiger partial charge in [0.15, 0.2) is 0 Å². The molecule has 0 aromatic heterocycles. The molecule has 7 nitrogen and oxygen atoms in total. The number of nitrogens with zero attached hydrogens (tertiary/aromatic N) is 1. The molecule has 11 atom stereocenters. The van der Waals surface area contributed by atoms with Crippen molar-refractivity contribution in [3.8, 4) is 0 Å². The first-order chi connectivity index (χ1) is 24.3. The average molecular weight is 705 g/mol. The molecule has 0 saturated heterocycles. The molecule has 0 aromatic rings. The summed E-state index contributed by atoms with van der Waals surface area (Å²) in [5.41, 5.74) is 18.3. The first-order valence-corrected chi connectivity index (χ1v) is 22.0. The van der Waals surface area contributed by atoms with Gasteiger partial charge >= 0.3 is 0 Å². The van der Waals surface area contributed by atoms with Crippen LogP contribution in [0.25, 0.3) is 0 Å². The van der Waals surface area contributed by atoms with Crippen molar-refractivity contribution in [2.24, 2.45) is 63.5 Å². The van der Waals surface area contributed by atoms with E-state index in [1.54, 1.807) is 0 Å². The molecule has 4 aliphatic rings. The Morgan fingerprint density at radius 2 is 1.30 bits per heavy atom. The fourth-order valence-electron chi connectivity index (χ4n) is 11.9. The fourth-order valence-corrected chi connectivity index (χ4v) is 11.9. The molecular weight excluding hydrogens is 620 g/mol. The summed E-state index contributed by atoms with van der Waals surface area (Å²) in [6.45, 7) is 20.9. The number of hydrogen-bond donors (Lipinski definition) is 3. The Morgan fingerprint density at radius 3 is 1.94 bits per heavy atom. The molecule has 0 heterocycles. The standard InChI is InChI=1S/C43H84N4O3/c1-6-8-10-24-47(25-11-9-7-2)26-12-16-33(3)36-17-18-37-41-38(32-40(43(36,37)5)50-29-15-23-46)42(4)20-19-35(48-27-13-21-44)30-34(42)31-39(41)49-28-14-22-45/h33-41H,6-32,44-46H2,1-5H3. The van der Waals surface area contributed by atoms with E-state index in [0.29, 0.717) is 78.9 Å². The van der Waals surface area contributed by atoms with Crippen molar-refractivity contribution in [2.45, 2.75) is 169 Å². The molecule has 0 bridgehead atoms. The smallest absolute Gasteiger partial charge is 0.0637 e. The second kappa shape index (κ2) is 21.6. The monoisotopic (exact) mass is 705 g/mol. The highest BCUT2D eigenvalue weighted by molar-refractivity contribution is 5.15. The van der Waals surface area contributed by atoms with Crippen LogP contribution in [0.1, 0.15) is 150 Å². The summed E-state index contributed by atoms with van der Waals surface area (Å²) >= 11 is 0. The van der Waals surface area contributed by atoms with Crippen molar-refractivity contribution in [1.82, 2.24) is 4.90 Å². The van der Waals surface area contributed by atoms with Gasteiger partial charge in [-0.25, -0.2) is 0 Å². The summed E-state index contributed by atoms with van der Waals surface area (Å²) < 4.78 is 20.5. The second-order valence-electron chi connectivity index (χ2n) is 17.9. The molecule has 294 valence electrons. The zero-order valence-corrected chi connectivity index (χ0v) is 33.7. The van der Waals surface area contributed by atoms with Gasteiger partial charge in [0.05, 0.1) is 18.3 Å². The van der Waals surface area contributed by atoms with Gasteiger partial charge in [0.25, 0.3) is 0 Å². The van der Waals surface area contributed by atoms with Crippen LogP contribution in [0, 0.1) is 46.3 Å². The Bertz CT molecular complexity index is 915. The van der Waals surface area contributed by atoms with Crippen LogP contribution >= 0.6 is 0 Å². The third-order valence-corrected chi connectivity index (χ3v) is 14.8. The van der Waals surface area contributed by atoms with Gasteiger partial charge in [0, 0.05) is 25.2 Å². The van der Waals surface area contributed by atoms with E-state index in [0.717, 1.165) is 45.5 Å². The maximum absolute atomic E-state index is 7.09. The molecule has 4 rings (SSSR count). The number of unbranched alkanes of at least 4 members (excludes halogenated alkanes) is 4. The van der Waals surface area contributed by atoms with Gasteiger partial charge < -0.3 is 36.3 Å². The quantitative estimate of drug-likeness (QED) is 0.0823. The molecule has 7 heteroatoms. The Morgan fingerprint density at radius 1 is 0.680 bits per heavy atom. The summed E-state index contributed by atoms with van der Waals surface area (Å²) in [5, 5.41) is 0. The lowest BCUT2D eigenvalue weighted by molar-refractivity contribution is -0.227. The Kier molecular flexibility index (Phi) is 18.3. The zero-order valence-electron chi connectivity index (χ0n) is 33.7. The van der Waals surface area contributed by atoms with Gasteiger partial charge in [0.2, 0.25) is 0 Å². The molecule has 0 radical (unpaired) electrons. The Hall–Kier alpha value is -0.280. The molecule has 6 N–H and O–H groups in total. The van der Waals surface area contributed by atoms with Crippen LogP contribution in [-0.2, 0) is 14.2 Å². The average Bonchev–Trinajstić information content (AvgIpc) is 3.47. The second-order valence-corrected chi connectivity index (χ2v) is 17.9. The van der Waals surface area contributed by atoms with E-state index >= 15 is 0 Å². The van der Waals surface area contributed by atoms with Gasteiger partial charge in [-0.2, -0.15) is 0 Å². The molecule has 0 aromatic carbocycles. The highest BCUT2D eigenvalue weighted by Gasteiger charge is 2.66. The van der Waals surface area contributed by atoms with Gasteiger partial charge in [-0.05, 0) is 170 Å². The van der Waals surface area contributed by atoms with Gasteiger partial charge in [0.1, 0.15) is 0 Å². The lowest BCUT2D eigenvalue weighted by atomic mass is 9.43. The van der Waals surface area contributed by atoms with Crippen LogP contribution in [0.3, 0.4) is 0 Å². The summed E-state index contributed by atoms with van der Waals surface area (Å²) in [4.78, 5) is 2.79. The van der Waals surface area contributed by atoms with E-state index in [4.69, 9.17) is 31.4 Å². The summed E-state index contributed by atoms with van der Waals surface area (Å²) in [6.07, 6.45) is 23.1. The van der Waals surface area contributed by atoms with Crippen LogP contribution in [0.4, 0.5) is 0 Å². The maximum atomic E-state index is 7.09. The van der Waals surface area contributed by atoms with Crippen molar-refractivity contribution >= 4 is 0 Å². The minimum absolute atomic E-state index is 0.179. The van der Waals surface area contributed by atoms with Gasteiger partial charge in [-0.15, -0.1) is 0 Å². The first kappa shape index (κ1) is 42.5. The van der Waals surface area contributed by atoms with Crippen LogP contribution in [0.5, 0.6) is 0 Å². The van der Waals surface area contributed by atoms with E-state index in [1.807, 2.05) is 0 Å². The molecule has 4 saturated carbocycles. The largest absolute Gasteiger partial charge is 0.378 e. The third-order valence-electron chi connectivity index (χ3n) is 14.8. The van der Waals surface area contributed by atoms with Crippen molar-refractivity contribution in [2.75, 3.05) is 59.1 Å². The predicted molar refractivity (Wildman–Crippen MR) is 210 cm³/mol. The summed E-state index contributed by atoms with van der Waals surface area (Å²) in [6, 6.07) is 0. The molecule has 11 unspecified atom stereocenters. The van der Waals surface area contributed by atoms with Crippen LogP contribution < -0.4 is 17.2 Å². The van der Waals surface area contributed by atoms with Crippen LogP contribution in [0.2, 0.25) is 0 Å². The first-order valence-electron chi connectivity index (χ1n) is 22.0. The Balaban J connectivity index is 1.53. The van der Waals surface area contributed by atoms with E-state index in [9.17, 15) is 0 Å². The molecule has 4 fully saturated rings. The van der Waals surface area contributed by atoms with E-state index < -0.39 is 0 Å². The van der Waals surface area contributed by atoms with Crippen molar-refractivity contribution < 1.29 is 14.2 Å². The summed E-state index contributed by atoms with van der Waals surface area (Å²) in [7, 11) is 0. The predicted octanol–water partition coefficient (Wildman–Crippen LogP) is 8.17. The maximum Gasteiger partial charge on any atom is 0.0637 e. The number of rotatable bonds is 25. The molecule has 0 aliphatic heterocycles. The minimum atomic E-state index is 0.179. The van der Waals surface area contributed by atoms with Crippen LogP contribution in [-0.4, -0.2) is 82.3 Å². The molecule has 0 spiro atoms. The van der Waals surface area contributed by atoms with E-state index in [-0.39, 0.29) is 5.41 Å². The highest BCUT2D eigenvalue weighted by Crippen LogP contribution is 2.69. The number of nitrogens with two attached hydrogens (primary N) is 3. The van der Waals surface area contributed by atoms with E-state index in [2.05, 4.69) is 39.5 Å². The van der Waals surface area contributed by atoms with Crippen molar-refractivity contribution in [3.05, 3.63) is 0 Å². The SMILES string of the molecule is CCCCCN(CCCCC)CCCC(C)C1CCC2C3C(OCCCN)CC4CC(OCCCN)CCC4(C)C3CC(OCCCN)C12C. The van der Waals surface area contributed by atoms with Gasteiger partial charge in [-0.1, -0.05) is 60.3 Å². The number of hydrogen-bond acceptors (Lipinski definition) is 7. The lowest BCUT2D eigenvalue weighted by Gasteiger charge is -2.65. The lowest BCUT2D eigenvalue weighted by Crippen LogP contribution is -2.63. The normalized spacial score (nSPS) is 35.9. The Labute approximate surface area is 309 Å². The highest BCUT2D eigenvalue weighted by atomic mass is 16.5. The minimum Gasteiger partial charge on any atom is -0.378 e. The topological polar surface area (TPSA) is 109 Å². The van der Waals surface area contributed by atoms with Gasteiger partial charge in [-0.3, -0.25) is 0 Å². The number of ether oxygens (including phenoxy) is 3. The number of fused-ring (bicyclic) bond motifs is 5. The molecular formula is C43H84N4O3. The van der Waals surface area contributed by atoms with Crippen LogP contribution in [0.15, 0.2) is 0 Å². The van der Waals surface area contributed by atoms with Crippen molar-refractivity contribution in [1.29, 1.82) is 0 Å². The van der Waals surface area contributed by atoms with E-state index in [1.165, 1.54) is 110 Å². The third kappa shape index (κ3) is 10.5. The summed E-state index contributed by atoms with van der Waals surface area (Å²) in [5.74, 6) is 3.92. The van der Waals surface area contributed by atoms with Crippen molar-refractivity contribution in [3.63, 3.8) is 0 Å². The molecule has 4 aliphatic carbocycles. The fraction of sp³-hybridized carbons (Fsp3) is 1.00.